The highest BCUT2D eigenvalue weighted by Gasteiger charge is 2.31. The molecule has 154 valence electrons. The minimum absolute atomic E-state index is 0.215. The number of halogens is 3. The number of methoxy groups -OCH3 is 1. The molecule has 0 bridgehead atoms. The first-order chi connectivity index (χ1) is 14.0. The SMILES string of the molecule is COCCn1c([C@@H]2CCN(Cc3cccc(C(F)(F)F)c3)C2)nc2cccnc21. The van der Waals surface area contributed by atoms with Crippen LogP contribution in [-0.2, 0) is 24.0 Å². The predicted octanol–water partition coefficient (Wildman–Crippen LogP) is 4.09. The minimum atomic E-state index is -4.32. The van der Waals surface area contributed by atoms with Crippen molar-refractivity contribution < 1.29 is 17.9 Å². The van der Waals surface area contributed by atoms with Crippen LogP contribution in [0.1, 0.15) is 29.3 Å². The molecule has 0 unspecified atom stereocenters. The third kappa shape index (κ3) is 4.28. The maximum Gasteiger partial charge on any atom is 0.416 e. The first kappa shape index (κ1) is 19.8. The normalized spacial score (nSPS) is 18.0. The lowest BCUT2D eigenvalue weighted by Crippen LogP contribution is -2.21. The molecule has 3 heterocycles. The molecule has 0 N–H and O–H groups in total. The summed E-state index contributed by atoms with van der Waals surface area (Å²) < 4.78 is 46.3. The van der Waals surface area contributed by atoms with Gasteiger partial charge in [0.1, 0.15) is 11.3 Å². The molecule has 4 rings (SSSR count). The number of benzene rings is 1. The summed E-state index contributed by atoms with van der Waals surface area (Å²) in [6, 6.07) is 9.40. The van der Waals surface area contributed by atoms with Crippen molar-refractivity contribution in [2.45, 2.75) is 31.6 Å². The Labute approximate surface area is 167 Å². The van der Waals surface area contributed by atoms with Gasteiger partial charge in [-0.05, 0) is 36.7 Å². The summed E-state index contributed by atoms with van der Waals surface area (Å²) in [6.45, 7) is 3.31. The summed E-state index contributed by atoms with van der Waals surface area (Å²) in [6.07, 6.45) is -1.65. The molecular formula is C21H23F3N4O. The molecule has 2 aromatic heterocycles. The fourth-order valence-electron chi connectivity index (χ4n) is 3.98. The molecule has 8 heteroatoms. The van der Waals surface area contributed by atoms with E-state index < -0.39 is 11.7 Å². The predicted molar refractivity (Wildman–Crippen MR) is 103 cm³/mol. The van der Waals surface area contributed by atoms with Crippen LogP contribution < -0.4 is 0 Å². The van der Waals surface area contributed by atoms with Gasteiger partial charge in [-0.15, -0.1) is 0 Å². The third-order valence-electron chi connectivity index (χ3n) is 5.35. The van der Waals surface area contributed by atoms with Crippen LogP contribution in [0.3, 0.4) is 0 Å². The van der Waals surface area contributed by atoms with Crippen molar-refractivity contribution in [3.63, 3.8) is 0 Å². The van der Waals surface area contributed by atoms with Gasteiger partial charge in [-0.3, -0.25) is 4.90 Å². The van der Waals surface area contributed by atoms with E-state index in [9.17, 15) is 13.2 Å². The van der Waals surface area contributed by atoms with Crippen LogP contribution >= 0.6 is 0 Å². The van der Waals surface area contributed by atoms with Gasteiger partial charge in [-0.1, -0.05) is 18.2 Å². The van der Waals surface area contributed by atoms with Crippen LogP contribution in [0.5, 0.6) is 0 Å². The summed E-state index contributed by atoms with van der Waals surface area (Å²) in [5.41, 5.74) is 1.78. The van der Waals surface area contributed by atoms with Gasteiger partial charge in [0.05, 0.1) is 12.2 Å². The minimum Gasteiger partial charge on any atom is -0.383 e. The number of hydrogen-bond donors (Lipinski definition) is 0. The Kier molecular flexibility index (Phi) is 5.56. The van der Waals surface area contributed by atoms with Gasteiger partial charge in [-0.25, -0.2) is 9.97 Å². The topological polar surface area (TPSA) is 43.2 Å². The number of imidazole rings is 1. The molecule has 0 amide bonds. The van der Waals surface area contributed by atoms with Crippen LogP contribution in [0.15, 0.2) is 42.6 Å². The molecular weight excluding hydrogens is 381 g/mol. The monoisotopic (exact) mass is 404 g/mol. The molecule has 5 nitrogen and oxygen atoms in total. The van der Waals surface area contributed by atoms with E-state index in [1.165, 1.54) is 12.1 Å². The summed E-state index contributed by atoms with van der Waals surface area (Å²) in [5, 5.41) is 0. The maximum atomic E-state index is 13.0. The average molecular weight is 404 g/mol. The van der Waals surface area contributed by atoms with Gasteiger partial charge < -0.3 is 9.30 Å². The Hall–Kier alpha value is -2.45. The zero-order chi connectivity index (χ0) is 20.4. The van der Waals surface area contributed by atoms with E-state index in [-0.39, 0.29) is 5.92 Å². The number of nitrogens with zero attached hydrogens (tertiary/aromatic N) is 4. The molecule has 1 fully saturated rings. The van der Waals surface area contributed by atoms with Crippen molar-refractivity contribution in [1.82, 2.24) is 19.4 Å². The number of aromatic nitrogens is 3. The second-order valence-corrected chi connectivity index (χ2v) is 7.38. The highest BCUT2D eigenvalue weighted by Crippen LogP contribution is 2.32. The molecule has 0 aliphatic carbocycles. The van der Waals surface area contributed by atoms with Crippen molar-refractivity contribution in [3.05, 3.63) is 59.5 Å². The van der Waals surface area contributed by atoms with Crippen molar-refractivity contribution >= 4 is 11.2 Å². The first-order valence-electron chi connectivity index (χ1n) is 9.64. The molecule has 0 spiro atoms. The standard InChI is InChI=1S/C21H23F3N4O/c1-29-11-10-28-19(26-18-6-3-8-25-20(18)28)16-7-9-27(14-16)13-15-4-2-5-17(12-15)21(22,23)24/h2-6,8,12,16H,7,9-11,13-14H2,1H3/t16-/m1/s1. The summed E-state index contributed by atoms with van der Waals surface area (Å²) in [7, 11) is 1.67. The van der Waals surface area contributed by atoms with Crippen LogP contribution in [0.25, 0.3) is 11.2 Å². The lowest BCUT2D eigenvalue weighted by Gasteiger charge is -2.17. The van der Waals surface area contributed by atoms with E-state index >= 15 is 0 Å². The van der Waals surface area contributed by atoms with Crippen LogP contribution in [0.4, 0.5) is 13.2 Å². The van der Waals surface area contributed by atoms with Crippen molar-refractivity contribution in [1.29, 1.82) is 0 Å². The maximum absolute atomic E-state index is 13.0. The Bertz CT molecular complexity index is 985. The van der Waals surface area contributed by atoms with Gasteiger partial charge in [-0.2, -0.15) is 13.2 Å². The van der Waals surface area contributed by atoms with Gasteiger partial charge in [0.15, 0.2) is 5.65 Å². The number of hydrogen-bond acceptors (Lipinski definition) is 4. The average Bonchev–Trinajstić information content (AvgIpc) is 3.30. The third-order valence-corrected chi connectivity index (χ3v) is 5.35. The number of pyridine rings is 1. The lowest BCUT2D eigenvalue weighted by atomic mass is 10.1. The second kappa shape index (κ2) is 8.12. The summed E-state index contributed by atoms with van der Waals surface area (Å²) in [5.74, 6) is 1.19. The number of fused-ring (bicyclic) bond motifs is 1. The largest absolute Gasteiger partial charge is 0.416 e. The molecule has 1 aromatic carbocycles. The van der Waals surface area contributed by atoms with E-state index in [0.29, 0.717) is 25.3 Å². The van der Waals surface area contributed by atoms with E-state index in [4.69, 9.17) is 9.72 Å². The first-order valence-corrected chi connectivity index (χ1v) is 9.64. The quantitative estimate of drug-likeness (QED) is 0.621. The Morgan fingerprint density at radius 3 is 2.86 bits per heavy atom. The number of alkyl halides is 3. The van der Waals surface area contributed by atoms with Crippen LogP contribution in [0.2, 0.25) is 0 Å². The van der Waals surface area contributed by atoms with E-state index in [1.54, 1.807) is 19.4 Å². The van der Waals surface area contributed by atoms with Crippen molar-refractivity contribution in [2.75, 3.05) is 26.8 Å². The van der Waals surface area contributed by atoms with E-state index in [0.717, 1.165) is 42.6 Å². The van der Waals surface area contributed by atoms with Gasteiger partial charge in [0.25, 0.3) is 0 Å². The zero-order valence-corrected chi connectivity index (χ0v) is 16.2. The molecule has 0 radical (unpaired) electrons. The molecule has 1 aliphatic heterocycles. The fourth-order valence-corrected chi connectivity index (χ4v) is 3.98. The molecule has 1 saturated heterocycles. The molecule has 29 heavy (non-hydrogen) atoms. The highest BCUT2D eigenvalue weighted by atomic mass is 19.4. The Morgan fingerprint density at radius 2 is 2.07 bits per heavy atom. The smallest absolute Gasteiger partial charge is 0.383 e. The van der Waals surface area contributed by atoms with Crippen molar-refractivity contribution in [2.24, 2.45) is 0 Å². The van der Waals surface area contributed by atoms with Gasteiger partial charge in [0, 0.05) is 38.9 Å². The lowest BCUT2D eigenvalue weighted by molar-refractivity contribution is -0.137. The zero-order valence-electron chi connectivity index (χ0n) is 16.2. The molecule has 0 saturated carbocycles. The van der Waals surface area contributed by atoms with Gasteiger partial charge >= 0.3 is 6.18 Å². The van der Waals surface area contributed by atoms with Gasteiger partial charge in [0.2, 0.25) is 0 Å². The van der Waals surface area contributed by atoms with Crippen molar-refractivity contribution in [3.8, 4) is 0 Å². The number of ether oxygens (including phenoxy) is 1. The van der Waals surface area contributed by atoms with Crippen LogP contribution in [-0.4, -0.2) is 46.2 Å². The van der Waals surface area contributed by atoms with Crippen LogP contribution in [0, 0.1) is 0 Å². The summed E-state index contributed by atoms with van der Waals surface area (Å²) in [4.78, 5) is 11.5. The number of likely N-dealkylation sites (tertiary alicyclic amines) is 1. The van der Waals surface area contributed by atoms with E-state index in [1.807, 2.05) is 12.1 Å². The molecule has 3 aromatic rings. The fraction of sp³-hybridized carbons (Fsp3) is 0.429. The van der Waals surface area contributed by atoms with E-state index in [2.05, 4.69) is 14.5 Å². The summed E-state index contributed by atoms with van der Waals surface area (Å²) >= 11 is 0. The molecule has 1 atom stereocenters. The Morgan fingerprint density at radius 1 is 1.21 bits per heavy atom. The Balaban J connectivity index is 1.52. The second-order valence-electron chi connectivity index (χ2n) is 7.38. The number of rotatable bonds is 6. The molecule has 1 aliphatic rings. The highest BCUT2D eigenvalue weighted by molar-refractivity contribution is 5.71.